The van der Waals surface area contributed by atoms with Gasteiger partial charge in [-0.25, -0.2) is 0 Å². The highest BCUT2D eigenvalue weighted by Gasteiger charge is 2.16. The van der Waals surface area contributed by atoms with Gasteiger partial charge >= 0.3 is 0 Å². The topological polar surface area (TPSA) is 12.0 Å². The highest BCUT2D eigenvalue weighted by atomic mass is 35.5. The molecule has 1 heterocycles. The summed E-state index contributed by atoms with van der Waals surface area (Å²) in [4.78, 5) is 1.29. The van der Waals surface area contributed by atoms with Crippen molar-refractivity contribution in [2.75, 3.05) is 11.9 Å². The molecule has 1 nitrogen and oxygen atoms in total. The van der Waals surface area contributed by atoms with E-state index in [2.05, 4.69) is 41.7 Å². The Kier molecular flexibility index (Phi) is 4.00. The summed E-state index contributed by atoms with van der Waals surface area (Å²) in [5, 5.41) is 4.97. The van der Waals surface area contributed by atoms with Crippen LogP contribution in [-0.4, -0.2) is 11.8 Å². The molecule has 2 aromatic carbocycles. The van der Waals surface area contributed by atoms with Crippen LogP contribution in [0, 0.1) is 0 Å². The summed E-state index contributed by atoms with van der Waals surface area (Å²) in [6.45, 7) is 1.02. The second-order valence-electron chi connectivity index (χ2n) is 4.77. The molecule has 1 N–H and O–H groups in total. The highest BCUT2D eigenvalue weighted by molar-refractivity contribution is 8.00. The van der Waals surface area contributed by atoms with Crippen molar-refractivity contribution in [1.29, 1.82) is 0 Å². The van der Waals surface area contributed by atoms with Crippen molar-refractivity contribution >= 4 is 29.1 Å². The van der Waals surface area contributed by atoms with Gasteiger partial charge in [-0.1, -0.05) is 29.8 Å². The molecule has 1 aliphatic rings. The van der Waals surface area contributed by atoms with Crippen LogP contribution in [0.15, 0.2) is 53.4 Å². The summed E-state index contributed by atoms with van der Waals surface area (Å²) in [6, 6.07) is 16.7. The van der Waals surface area contributed by atoms with Crippen molar-refractivity contribution in [2.24, 2.45) is 0 Å². The quantitative estimate of drug-likeness (QED) is 0.847. The Labute approximate surface area is 123 Å². The monoisotopic (exact) mass is 289 g/mol. The lowest BCUT2D eigenvalue weighted by atomic mass is 10.1. The van der Waals surface area contributed by atoms with Gasteiger partial charge in [0, 0.05) is 27.4 Å². The van der Waals surface area contributed by atoms with E-state index in [1.807, 2.05) is 23.9 Å². The fourth-order valence-electron chi connectivity index (χ4n) is 2.36. The summed E-state index contributed by atoms with van der Waals surface area (Å²) in [6.07, 6.45) is 2.35. The van der Waals surface area contributed by atoms with Crippen LogP contribution >= 0.6 is 23.4 Å². The predicted octanol–water partition coefficient (Wildman–Crippen LogP) is 4.86. The number of benzene rings is 2. The highest BCUT2D eigenvalue weighted by Crippen LogP contribution is 2.31. The van der Waals surface area contributed by atoms with Crippen LogP contribution in [0.5, 0.6) is 0 Å². The maximum absolute atomic E-state index is 5.92. The van der Waals surface area contributed by atoms with Gasteiger partial charge in [0.25, 0.3) is 0 Å². The van der Waals surface area contributed by atoms with E-state index < -0.39 is 0 Å². The third-order valence-corrected chi connectivity index (χ3v) is 4.92. The first-order chi connectivity index (χ1) is 9.31. The van der Waals surface area contributed by atoms with Gasteiger partial charge in [0.2, 0.25) is 0 Å². The summed E-state index contributed by atoms with van der Waals surface area (Å²) >= 11 is 7.86. The van der Waals surface area contributed by atoms with E-state index in [9.17, 15) is 0 Å². The van der Waals surface area contributed by atoms with E-state index >= 15 is 0 Å². The lowest BCUT2D eigenvalue weighted by Crippen LogP contribution is -2.14. The molecule has 0 bridgehead atoms. The van der Waals surface area contributed by atoms with Crippen molar-refractivity contribution in [3.8, 4) is 0 Å². The molecule has 1 aliphatic heterocycles. The number of fused-ring (bicyclic) bond motifs is 1. The Morgan fingerprint density at radius 1 is 1.05 bits per heavy atom. The fraction of sp³-hybridized carbons (Fsp3) is 0.250. The Morgan fingerprint density at radius 3 is 2.68 bits per heavy atom. The number of thioether (sulfide) groups is 1. The van der Waals surface area contributed by atoms with Crippen LogP contribution in [0.4, 0.5) is 5.69 Å². The first-order valence-corrected chi connectivity index (χ1v) is 7.81. The molecular formula is C16H16ClNS. The maximum Gasteiger partial charge on any atom is 0.0406 e. The molecule has 3 rings (SSSR count). The van der Waals surface area contributed by atoms with Crippen molar-refractivity contribution in [2.45, 2.75) is 23.0 Å². The molecule has 0 amide bonds. The van der Waals surface area contributed by atoms with Crippen molar-refractivity contribution in [1.82, 2.24) is 0 Å². The first-order valence-electron chi connectivity index (χ1n) is 6.55. The number of aryl methyl sites for hydroxylation is 1. The molecule has 98 valence electrons. The third-order valence-electron chi connectivity index (χ3n) is 3.39. The minimum atomic E-state index is 0.605. The Balaban J connectivity index is 1.67. The van der Waals surface area contributed by atoms with Gasteiger partial charge in [-0.2, -0.15) is 0 Å². The van der Waals surface area contributed by atoms with Gasteiger partial charge < -0.3 is 5.32 Å². The molecule has 0 saturated heterocycles. The van der Waals surface area contributed by atoms with Crippen LogP contribution in [0.25, 0.3) is 0 Å². The Bertz CT molecular complexity index is 526. The minimum absolute atomic E-state index is 0.605. The normalized spacial score (nSPS) is 18.3. The maximum atomic E-state index is 5.92. The molecule has 19 heavy (non-hydrogen) atoms. The van der Waals surface area contributed by atoms with Gasteiger partial charge in [-0.15, -0.1) is 11.8 Å². The predicted molar refractivity (Wildman–Crippen MR) is 84.3 cm³/mol. The van der Waals surface area contributed by atoms with Crippen molar-refractivity contribution in [3.63, 3.8) is 0 Å². The average Bonchev–Trinajstić information content (AvgIpc) is 2.64. The number of rotatable bonds is 2. The lowest BCUT2D eigenvalue weighted by molar-refractivity contribution is 0.803. The molecule has 1 unspecified atom stereocenters. The van der Waals surface area contributed by atoms with Crippen molar-refractivity contribution < 1.29 is 0 Å². The molecule has 0 aliphatic carbocycles. The minimum Gasteiger partial charge on any atom is -0.384 e. The van der Waals surface area contributed by atoms with Gasteiger partial charge in [0.05, 0.1) is 0 Å². The summed E-state index contributed by atoms with van der Waals surface area (Å²) in [5.74, 6) is 0. The summed E-state index contributed by atoms with van der Waals surface area (Å²) in [7, 11) is 0. The summed E-state index contributed by atoms with van der Waals surface area (Å²) in [5.41, 5.74) is 2.73. The van der Waals surface area contributed by atoms with E-state index in [0.29, 0.717) is 5.25 Å². The number of hydrogen-bond acceptors (Lipinski definition) is 2. The van der Waals surface area contributed by atoms with Crippen LogP contribution in [0.1, 0.15) is 12.0 Å². The zero-order chi connectivity index (χ0) is 13.1. The standard InChI is InChI=1S/C16H16ClNS/c17-13-6-9-14(10-7-13)19-15-8-5-12-3-1-2-4-16(12)18-11-15/h1-4,6-7,9-10,15,18H,5,8,11H2. The van der Waals surface area contributed by atoms with Gasteiger partial charge in [-0.05, 0) is 48.7 Å². The van der Waals surface area contributed by atoms with E-state index in [-0.39, 0.29) is 0 Å². The first kappa shape index (κ1) is 12.9. The van der Waals surface area contributed by atoms with Gasteiger partial charge in [-0.3, -0.25) is 0 Å². The largest absolute Gasteiger partial charge is 0.384 e. The van der Waals surface area contributed by atoms with E-state index in [0.717, 1.165) is 18.0 Å². The molecule has 3 heteroatoms. The lowest BCUT2D eigenvalue weighted by Gasteiger charge is -2.14. The van der Waals surface area contributed by atoms with E-state index in [1.54, 1.807) is 0 Å². The fourth-order valence-corrected chi connectivity index (χ4v) is 3.57. The SMILES string of the molecule is Clc1ccc(SC2CCc3ccccc3NC2)cc1. The van der Waals surface area contributed by atoms with Crippen LogP contribution < -0.4 is 5.32 Å². The number of para-hydroxylation sites is 1. The van der Waals surface area contributed by atoms with Crippen LogP contribution in [0.2, 0.25) is 5.02 Å². The molecule has 0 saturated carbocycles. The number of halogens is 1. The molecule has 0 aromatic heterocycles. The molecular weight excluding hydrogens is 274 g/mol. The molecule has 0 radical (unpaired) electrons. The Hall–Kier alpha value is -1.12. The number of nitrogens with one attached hydrogen (secondary N) is 1. The van der Waals surface area contributed by atoms with Crippen LogP contribution in [-0.2, 0) is 6.42 Å². The third kappa shape index (κ3) is 3.26. The number of anilines is 1. The Morgan fingerprint density at radius 2 is 1.84 bits per heavy atom. The molecule has 2 aromatic rings. The zero-order valence-corrected chi connectivity index (χ0v) is 12.2. The molecule has 1 atom stereocenters. The van der Waals surface area contributed by atoms with Gasteiger partial charge in [0.1, 0.15) is 0 Å². The number of hydrogen-bond donors (Lipinski definition) is 1. The second-order valence-corrected chi connectivity index (χ2v) is 6.58. The van der Waals surface area contributed by atoms with Crippen LogP contribution in [0.3, 0.4) is 0 Å². The van der Waals surface area contributed by atoms with E-state index in [4.69, 9.17) is 11.6 Å². The van der Waals surface area contributed by atoms with E-state index in [1.165, 1.54) is 22.6 Å². The summed E-state index contributed by atoms with van der Waals surface area (Å²) < 4.78 is 0. The zero-order valence-electron chi connectivity index (χ0n) is 10.6. The molecule has 0 spiro atoms. The smallest absolute Gasteiger partial charge is 0.0406 e. The average molecular weight is 290 g/mol. The second kappa shape index (κ2) is 5.89. The van der Waals surface area contributed by atoms with Crippen molar-refractivity contribution in [3.05, 3.63) is 59.1 Å². The van der Waals surface area contributed by atoms with Gasteiger partial charge in [0.15, 0.2) is 0 Å². The molecule has 0 fully saturated rings.